The molecule has 3 aliphatic rings. The summed E-state index contributed by atoms with van der Waals surface area (Å²) in [7, 11) is 1.99. The molecule has 1 N–H and O–H groups in total. The molecule has 8 heteroatoms. The lowest BCUT2D eigenvalue weighted by Gasteiger charge is -2.42. The Kier molecular flexibility index (Phi) is 8.11. The second kappa shape index (κ2) is 11.5. The molecule has 2 aromatic rings. The molecule has 2 aliphatic carbocycles. The Labute approximate surface area is 242 Å². The molecule has 0 saturated carbocycles. The van der Waals surface area contributed by atoms with Crippen LogP contribution in [0.4, 0.5) is 5.69 Å². The number of amides is 1. The van der Waals surface area contributed by atoms with E-state index in [0.29, 0.717) is 36.6 Å². The fourth-order valence-electron chi connectivity index (χ4n) is 5.90. The van der Waals surface area contributed by atoms with Crippen molar-refractivity contribution in [2.75, 3.05) is 25.6 Å². The minimum atomic E-state index is -0.418. The largest absolute Gasteiger partial charge is 0.490 e. The molecule has 2 aromatic carbocycles. The number of halogens is 1. The van der Waals surface area contributed by atoms with Crippen molar-refractivity contribution in [3.8, 4) is 11.5 Å². The first kappa shape index (κ1) is 27.4. The molecular formula is C31H33IN2O5. The SMILES string of the molecule is CCOc1cc(C2C3=C(CCCC3=O)N(C)C3=C2C(=O)CCC3)cc(I)c1OCC(=O)Nc1cccc(C)c1. The maximum atomic E-state index is 13.3. The third-order valence-corrected chi connectivity index (χ3v) is 8.36. The van der Waals surface area contributed by atoms with Crippen LogP contribution in [0.3, 0.4) is 0 Å². The monoisotopic (exact) mass is 640 g/mol. The summed E-state index contributed by atoms with van der Waals surface area (Å²) in [5.74, 6) is 0.499. The van der Waals surface area contributed by atoms with Gasteiger partial charge in [0, 0.05) is 54.0 Å². The van der Waals surface area contributed by atoms with Crippen molar-refractivity contribution < 1.29 is 23.9 Å². The molecule has 204 valence electrons. The first-order valence-electron chi connectivity index (χ1n) is 13.5. The van der Waals surface area contributed by atoms with Gasteiger partial charge in [0.25, 0.3) is 5.91 Å². The molecule has 1 amide bonds. The molecule has 0 bridgehead atoms. The van der Waals surface area contributed by atoms with Crippen LogP contribution in [0.5, 0.6) is 11.5 Å². The van der Waals surface area contributed by atoms with E-state index in [1.165, 1.54) is 0 Å². The van der Waals surface area contributed by atoms with Crippen molar-refractivity contribution in [1.82, 2.24) is 4.90 Å². The van der Waals surface area contributed by atoms with Crippen molar-refractivity contribution in [3.63, 3.8) is 0 Å². The maximum absolute atomic E-state index is 13.3. The maximum Gasteiger partial charge on any atom is 0.262 e. The van der Waals surface area contributed by atoms with E-state index in [1.54, 1.807) is 0 Å². The Balaban J connectivity index is 1.50. The lowest BCUT2D eigenvalue weighted by Crippen LogP contribution is -2.37. The van der Waals surface area contributed by atoms with E-state index in [0.717, 1.165) is 62.9 Å². The average Bonchev–Trinajstić information content (AvgIpc) is 2.89. The minimum Gasteiger partial charge on any atom is -0.490 e. The highest BCUT2D eigenvalue weighted by molar-refractivity contribution is 14.1. The fraction of sp³-hybridized carbons (Fsp3) is 0.387. The summed E-state index contributed by atoms with van der Waals surface area (Å²) in [6.07, 6.45) is 4.28. The molecule has 0 unspecified atom stereocenters. The van der Waals surface area contributed by atoms with Gasteiger partial charge in [0.1, 0.15) is 0 Å². The van der Waals surface area contributed by atoms with E-state index >= 15 is 0 Å². The summed E-state index contributed by atoms with van der Waals surface area (Å²) in [5.41, 5.74) is 6.15. The molecule has 0 saturated heterocycles. The van der Waals surface area contributed by atoms with Gasteiger partial charge in [-0.25, -0.2) is 0 Å². The lowest BCUT2D eigenvalue weighted by atomic mass is 9.71. The molecule has 39 heavy (non-hydrogen) atoms. The zero-order chi connectivity index (χ0) is 27.7. The first-order valence-corrected chi connectivity index (χ1v) is 14.6. The van der Waals surface area contributed by atoms with Gasteiger partial charge in [-0.2, -0.15) is 0 Å². The zero-order valence-corrected chi connectivity index (χ0v) is 24.7. The van der Waals surface area contributed by atoms with Crippen LogP contribution in [0, 0.1) is 10.5 Å². The normalized spacial score (nSPS) is 17.7. The van der Waals surface area contributed by atoms with Crippen LogP contribution in [0.25, 0.3) is 0 Å². The molecule has 5 rings (SSSR count). The van der Waals surface area contributed by atoms with Crippen LogP contribution in [0.2, 0.25) is 0 Å². The van der Waals surface area contributed by atoms with E-state index in [2.05, 4.69) is 32.8 Å². The fourth-order valence-corrected chi connectivity index (χ4v) is 6.68. The average molecular weight is 641 g/mol. The molecular weight excluding hydrogens is 607 g/mol. The highest BCUT2D eigenvalue weighted by Crippen LogP contribution is 2.50. The third kappa shape index (κ3) is 5.48. The molecule has 0 fully saturated rings. The summed E-state index contributed by atoms with van der Waals surface area (Å²) in [4.78, 5) is 41.4. The Morgan fingerprint density at radius 2 is 1.67 bits per heavy atom. The molecule has 0 radical (unpaired) electrons. The van der Waals surface area contributed by atoms with Gasteiger partial charge >= 0.3 is 0 Å². The van der Waals surface area contributed by atoms with Crippen molar-refractivity contribution in [3.05, 3.63) is 73.6 Å². The summed E-state index contributed by atoms with van der Waals surface area (Å²) in [5, 5.41) is 2.86. The van der Waals surface area contributed by atoms with E-state index in [1.807, 2.05) is 57.3 Å². The van der Waals surface area contributed by atoms with Crippen LogP contribution < -0.4 is 14.8 Å². The number of nitrogens with one attached hydrogen (secondary N) is 1. The van der Waals surface area contributed by atoms with Crippen molar-refractivity contribution in [2.24, 2.45) is 0 Å². The quantitative estimate of drug-likeness (QED) is 0.371. The summed E-state index contributed by atoms with van der Waals surface area (Å²) >= 11 is 2.18. The second-order valence-corrected chi connectivity index (χ2v) is 11.4. The summed E-state index contributed by atoms with van der Waals surface area (Å²) < 4.78 is 12.7. The number of carbonyl (C=O) groups excluding carboxylic acids is 3. The smallest absolute Gasteiger partial charge is 0.262 e. The number of allylic oxidation sites excluding steroid dienone is 4. The van der Waals surface area contributed by atoms with Gasteiger partial charge in [-0.1, -0.05) is 12.1 Å². The third-order valence-electron chi connectivity index (χ3n) is 7.56. The van der Waals surface area contributed by atoms with Crippen LogP contribution in [-0.4, -0.2) is 42.6 Å². The van der Waals surface area contributed by atoms with Gasteiger partial charge in [0.15, 0.2) is 29.7 Å². The number of hydrogen-bond donors (Lipinski definition) is 1. The highest BCUT2D eigenvalue weighted by atomic mass is 127. The molecule has 1 heterocycles. The van der Waals surface area contributed by atoms with Crippen molar-refractivity contribution in [2.45, 2.75) is 58.3 Å². The number of aryl methyl sites for hydroxylation is 1. The van der Waals surface area contributed by atoms with E-state index in [-0.39, 0.29) is 24.1 Å². The lowest BCUT2D eigenvalue weighted by molar-refractivity contribution is -0.118. The Morgan fingerprint density at radius 1 is 1.00 bits per heavy atom. The Morgan fingerprint density at radius 3 is 2.28 bits per heavy atom. The number of benzene rings is 2. The van der Waals surface area contributed by atoms with Crippen molar-refractivity contribution in [1.29, 1.82) is 0 Å². The van der Waals surface area contributed by atoms with Gasteiger partial charge < -0.3 is 19.7 Å². The number of carbonyl (C=O) groups is 3. The molecule has 0 aromatic heterocycles. The predicted octanol–water partition coefficient (Wildman–Crippen LogP) is 6.06. The number of nitrogens with zero attached hydrogens (tertiary/aromatic N) is 1. The van der Waals surface area contributed by atoms with Crippen molar-refractivity contribution >= 4 is 45.8 Å². The van der Waals surface area contributed by atoms with Gasteiger partial charge in [0.2, 0.25) is 0 Å². The number of ketones is 2. The van der Waals surface area contributed by atoms with Crippen LogP contribution in [0.1, 0.15) is 62.5 Å². The first-order chi connectivity index (χ1) is 18.8. The molecule has 0 spiro atoms. The van der Waals surface area contributed by atoms with Gasteiger partial charge in [-0.05, 0) is 97.5 Å². The van der Waals surface area contributed by atoms with Gasteiger partial charge in [-0.3, -0.25) is 14.4 Å². The van der Waals surface area contributed by atoms with Crippen LogP contribution >= 0.6 is 22.6 Å². The number of Topliss-reactive ketones (excluding diaryl/α,β-unsaturated/α-hetero) is 2. The number of ether oxygens (including phenoxy) is 2. The topological polar surface area (TPSA) is 84.9 Å². The number of hydrogen-bond acceptors (Lipinski definition) is 6. The second-order valence-electron chi connectivity index (χ2n) is 10.2. The number of rotatable bonds is 7. The standard InChI is InChI=1S/C31H33IN2O5/c1-4-38-26-16-19(15-21(32)31(26)39-17-27(37)33-20-9-5-8-18(2)14-20)28-29-22(10-6-12-24(29)35)34(3)23-11-7-13-25(36)30(23)28/h5,8-9,14-16,28H,4,6-7,10-13,17H2,1-3H3,(H,33,37). The predicted molar refractivity (Wildman–Crippen MR) is 158 cm³/mol. The van der Waals surface area contributed by atoms with E-state index in [4.69, 9.17) is 9.47 Å². The molecule has 1 aliphatic heterocycles. The summed E-state index contributed by atoms with van der Waals surface area (Å²) in [6.45, 7) is 4.08. The number of anilines is 1. The molecule has 0 atom stereocenters. The summed E-state index contributed by atoms with van der Waals surface area (Å²) in [6, 6.07) is 11.4. The highest BCUT2D eigenvalue weighted by Gasteiger charge is 2.42. The Hall–Kier alpha value is -3.14. The van der Waals surface area contributed by atoms with E-state index in [9.17, 15) is 14.4 Å². The van der Waals surface area contributed by atoms with Crippen LogP contribution in [0.15, 0.2) is 58.9 Å². The Bertz CT molecular complexity index is 1370. The minimum absolute atomic E-state index is 0.110. The van der Waals surface area contributed by atoms with Crippen LogP contribution in [-0.2, 0) is 14.4 Å². The van der Waals surface area contributed by atoms with E-state index < -0.39 is 5.92 Å². The van der Waals surface area contributed by atoms with Gasteiger partial charge in [0.05, 0.1) is 10.2 Å². The molecule has 7 nitrogen and oxygen atoms in total. The zero-order valence-electron chi connectivity index (χ0n) is 22.6. The van der Waals surface area contributed by atoms with Gasteiger partial charge in [-0.15, -0.1) is 0 Å².